The first-order chi connectivity index (χ1) is 16.7. The van der Waals surface area contributed by atoms with Gasteiger partial charge in [0.15, 0.2) is 5.82 Å². The molecular formula is C26H20FN5O2. The third-order valence-corrected chi connectivity index (χ3v) is 5.12. The number of benzene rings is 2. The van der Waals surface area contributed by atoms with E-state index in [2.05, 4.69) is 15.4 Å². The van der Waals surface area contributed by atoms with Crippen molar-refractivity contribution in [2.75, 3.05) is 5.32 Å². The van der Waals surface area contributed by atoms with Gasteiger partial charge in [-0.05, 0) is 48.5 Å². The van der Waals surface area contributed by atoms with E-state index in [0.717, 1.165) is 5.69 Å². The van der Waals surface area contributed by atoms with Crippen LogP contribution in [0.2, 0.25) is 0 Å². The highest BCUT2D eigenvalue weighted by atomic mass is 19.1. The van der Waals surface area contributed by atoms with Crippen molar-refractivity contribution >= 4 is 11.6 Å². The van der Waals surface area contributed by atoms with Crippen LogP contribution in [0, 0.1) is 5.82 Å². The van der Waals surface area contributed by atoms with Gasteiger partial charge in [0, 0.05) is 30.3 Å². The number of carbonyl (C=O) groups excluding carboxylic acids is 1. The number of rotatable bonds is 7. The standard InChI is InChI=1S/C26H20FN5O2/c27-23-11-1-2-12-24(23)32-26(31-14-5-6-15-31)22(17-29-32)25(33)30-19-9-7-10-21(16-19)34-18-20-8-3-4-13-28-20/h1-17H,18H2,(H,30,33). The summed E-state index contributed by atoms with van der Waals surface area (Å²) in [4.78, 5) is 17.5. The molecule has 3 heterocycles. The van der Waals surface area contributed by atoms with E-state index < -0.39 is 5.82 Å². The fraction of sp³-hybridized carbons (Fsp3) is 0.0385. The molecule has 0 saturated carbocycles. The van der Waals surface area contributed by atoms with Crippen molar-refractivity contribution in [3.05, 3.63) is 121 Å². The van der Waals surface area contributed by atoms with Gasteiger partial charge in [-0.15, -0.1) is 0 Å². The van der Waals surface area contributed by atoms with Crippen LogP contribution < -0.4 is 10.1 Å². The van der Waals surface area contributed by atoms with Gasteiger partial charge >= 0.3 is 0 Å². The number of amides is 1. The lowest BCUT2D eigenvalue weighted by Gasteiger charge is -2.12. The van der Waals surface area contributed by atoms with Crippen molar-refractivity contribution < 1.29 is 13.9 Å². The second-order valence-corrected chi connectivity index (χ2v) is 7.43. The maximum Gasteiger partial charge on any atom is 0.261 e. The molecule has 5 aromatic rings. The van der Waals surface area contributed by atoms with Crippen LogP contribution in [0.15, 0.2) is 104 Å². The van der Waals surface area contributed by atoms with E-state index in [4.69, 9.17) is 4.74 Å². The van der Waals surface area contributed by atoms with Crippen molar-refractivity contribution in [2.45, 2.75) is 6.61 Å². The largest absolute Gasteiger partial charge is 0.487 e. The van der Waals surface area contributed by atoms with E-state index in [1.165, 1.54) is 16.9 Å². The Kier molecular flexibility index (Phi) is 5.85. The number of aromatic nitrogens is 4. The van der Waals surface area contributed by atoms with Crippen LogP contribution in [-0.2, 0) is 6.61 Å². The number of ether oxygens (including phenoxy) is 1. The predicted molar refractivity (Wildman–Crippen MR) is 126 cm³/mol. The zero-order valence-electron chi connectivity index (χ0n) is 18.0. The molecule has 0 unspecified atom stereocenters. The molecule has 0 radical (unpaired) electrons. The quantitative estimate of drug-likeness (QED) is 0.375. The number of pyridine rings is 1. The second-order valence-electron chi connectivity index (χ2n) is 7.43. The van der Waals surface area contributed by atoms with Gasteiger partial charge < -0.3 is 14.6 Å². The normalized spacial score (nSPS) is 10.7. The van der Waals surface area contributed by atoms with Crippen molar-refractivity contribution in [1.29, 1.82) is 0 Å². The molecule has 0 aliphatic rings. The summed E-state index contributed by atoms with van der Waals surface area (Å²) in [5.41, 5.74) is 1.89. The average molecular weight is 453 g/mol. The molecule has 0 fully saturated rings. The molecule has 34 heavy (non-hydrogen) atoms. The van der Waals surface area contributed by atoms with Gasteiger partial charge in [0.1, 0.15) is 29.4 Å². The summed E-state index contributed by atoms with van der Waals surface area (Å²) in [7, 11) is 0. The maximum atomic E-state index is 14.5. The Morgan fingerprint density at radius 2 is 1.79 bits per heavy atom. The number of carbonyl (C=O) groups is 1. The zero-order valence-corrected chi connectivity index (χ0v) is 18.0. The molecule has 3 aromatic heterocycles. The Labute approximate surface area is 195 Å². The molecule has 1 N–H and O–H groups in total. The molecule has 7 nitrogen and oxygen atoms in total. The Bertz CT molecular complexity index is 1410. The highest BCUT2D eigenvalue weighted by Gasteiger charge is 2.21. The minimum atomic E-state index is -0.441. The summed E-state index contributed by atoms with van der Waals surface area (Å²) in [6, 6.07) is 22.6. The summed E-state index contributed by atoms with van der Waals surface area (Å²) in [6.07, 6.45) is 6.69. The molecule has 0 aliphatic carbocycles. The molecule has 1 amide bonds. The number of para-hydroxylation sites is 1. The first-order valence-corrected chi connectivity index (χ1v) is 10.6. The van der Waals surface area contributed by atoms with Gasteiger partial charge in [-0.2, -0.15) is 5.10 Å². The molecule has 168 valence electrons. The SMILES string of the molecule is O=C(Nc1cccc(OCc2ccccn2)c1)c1cnn(-c2ccccc2F)c1-n1cccc1. The second kappa shape index (κ2) is 9.41. The molecule has 8 heteroatoms. The van der Waals surface area contributed by atoms with E-state index in [-0.39, 0.29) is 11.6 Å². The Morgan fingerprint density at radius 3 is 2.59 bits per heavy atom. The summed E-state index contributed by atoms with van der Waals surface area (Å²) in [5.74, 6) is 0.197. The van der Waals surface area contributed by atoms with Gasteiger partial charge in [-0.1, -0.05) is 24.3 Å². The third-order valence-electron chi connectivity index (χ3n) is 5.12. The monoisotopic (exact) mass is 453 g/mol. The number of halogens is 1. The van der Waals surface area contributed by atoms with Crippen LogP contribution in [0.5, 0.6) is 5.75 Å². The van der Waals surface area contributed by atoms with E-state index in [1.807, 2.05) is 30.3 Å². The topological polar surface area (TPSA) is 74.0 Å². The van der Waals surface area contributed by atoms with Crippen LogP contribution in [0.25, 0.3) is 11.5 Å². The number of nitrogens with one attached hydrogen (secondary N) is 1. The van der Waals surface area contributed by atoms with Crippen LogP contribution in [0.3, 0.4) is 0 Å². The molecule has 5 rings (SSSR count). The van der Waals surface area contributed by atoms with Crippen LogP contribution >= 0.6 is 0 Å². The lowest BCUT2D eigenvalue weighted by Crippen LogP contribution is -2.15. The van der Waals surface area contributed by atoms with E-state index in [0.29, 0.717) is 29.4 Å². The number of hydrogen-bond acceptors (Lipinski definition) is 4. The van der Waals surface area contributed by atoms with Gasteiger partial charge in [-0.25, -0.2) is 9.07 Å². The Balaban J connectivity index is 1.41. The Hall–Kier alpha value is -4.72. The highest BCUT2D eigenvalue weighted by molar-refractivity contribution is 6.06. The number of hydrogen-bond donors (Lipinski definition) is 1. The molecule has 0 saturated heterocycles. The van der Waals surface area contributed by atoms with Crippen molar-refractivity contribution in [2.24, 2.45) is 0 Å². The Morgan fingerprint density at radius 1 is 0.971 bits per heavy atom. The van der Waals surface area contributed by atoms with Crippen molar-refractivity contribution in [3.8, 4) is 17.3 Å². The fourth-order valence-electron chi connectivity index (χ4n) is 3.53. The minimum absolute atomic E-state index is 0.246. The lowest BCUT2D eigenvalue weighted by molar-refractivity contribution is 0.102. The fourth-order valence-corrected chi connectivity index (χ4v) is 3.53. The van der Waals surface area contributed by atoms with Crippen LogP contribution in [0.4, 0.5) is 10.1 Å². The predicted octanol–water partition coefficient (Wildman–Crippen LogP) is 5.03. The van der Waals surface area contributed by atoms with Crippen molar-refractivity contribution in [3.63, 3.8) is 0 Å². The van der Waals surface area contributed by atoms with Crippen molar-refractivity contribution in [1.82, 2.24) is 19.3 Å². The maximum absolute atomic E-state index is 14.5. The molecule has 0 spiro atoms. The smallest absolute Gasteiger partial charge is 0.261 e. The molecule has 2 aromatic carbocycles. The van der Waals surface area contributed by atoms with Crippen LogP contribution in [0.1, 0.15) is 16.1 Å². The summed E-state index contributed by atoms with van der Waals surface area (Å²) in [5, 5.41) is 7.19. The van der Waals surface area contributed by atoms with E-state index >= 15 is 0 Å². The van der Waals surface area contributed by atoms with Gasteiger partial charge in [-0.3, -0.25) is 9.78 Å². The average Bonchev–Trinajstić information content (AvgIpc) is 3.54. The summed E-state index contributed by atoms with van der Waals surface area (Å²) < 4.78 is 23.4. The zero-order chi connectivity index (χ0) is 23.3. The first kappa shape index (κ1) is 21.1. The lowest BCUT2D eigenvalue weighted by atomic mass is 10.2. The summed E-state index contributed by atoms with van der Waals surface area (Å²) in [6.45, 7) is 0.311. The van der Waals surface area contributed by atoms with Gasteiger partial charge in [0.25, 0.3) is 5.91 Å². The third kappa shape index (κ3) is 4.42. The molecule has 0 atom stereocenters. The van der Waals surface area contributed by atoms with Gasteiger partial charge in [0.2, 0.25) is 0 Å². The molecule has 0 bridgehead atoms. The van der Waals surface area contributed by atoms with Crippen LogP contribution in [-0.4, -0.2) is 25.2 Å². The number of anilines is 1. The molecular weight excluding hydrogens is 433 g/mol. The van der Waals surface area contributed by atoms with Gasteiger partial charge in [0.05, 0.1) is 11.9 Å². The minimum Gasteiger partial charge on any atom is -0.487 e. The molecule has 0 aliphatic heterocycles. The highest BCUT2D eigenvalue weighted by Crippen LogP contribution is 2.24. The summed E-state index contributed by atoms with van der Waals surface area (Å²) >= 11 is 0. The van der Waals surface area contributed by atoms with E-state index in [1.54, 1.807) is 65.6 Å². The first-order valence-electron chi connectivity index (χ1n) is 10.6. The number of nitrogens with zero attached hydrogens (tertiary/aromatic N) is 4. The van der Waals surface area contributed by atoms with E-state index in [9.17, 15) is 9.18 Å².